The number of aldehydes is 1. The predicted octanol–water partition coefficient (Wildman–Crippen LogP) is 3.66. The number of aromatic nitrogens is 2. The highest BCUT2D eigenvalue weighted by molar-refractivity contribution is 7.99. The fourth-order valence-electron chi connectivity index (χ4n) is 1.62. The maximum absolute atomic E-state index is 10.7. The second-order valence-corrected chi connectivity index (χ2v) is 5.61. The van der Waals surface area contributed by atoms with Crippen molar-refractivity contribution in [3.8, 4) is 0 Å². The summed E-state index contributed by atoms with van der Waals surface area (Å²) in [6.07, 6.45) is 2.44. The summed E-state index contributed by atoms with van der Waals surface area (Å²) in [6, 6.07) is 9.77. The summed E-state index contributed by atoms with van der Waals surface area (Å²) in [4.78, 5) is 21.0. The van der Waals surface area contributed by atoms with E-state index in [9.17, 15) is 4.79 Å². The van der Waals surface area contributed by atoms with Gasteiger partial charge in [0, 0.05) is 15.7 Å². The number of hydrogen-bond donors (Lipinski definition) is 0. The fraction of sp³-hybridized carbons (Fsp3) is 0. The molecule has 1 aromatic carbocycles. The smallest absolute Gasteiger partial charge is 0.160 e. The van der Waals surface area contributed by atoms with E-state index in [1.807, 2.05) is 35.7 Å². The van der Waals surface area contributed by atoms with Gasteiger partial charge in [0.1, 0.15) is 11.4 Å². The molecule has 2 aromatic heterocycles. The molecule has 0 aliphatic heterocycles. The largest absolute Gasteiger partial charge is 0.297 e. The van der Waals surface area contributed by atoms with Crippen LogP contribution < -0.4 is 0 Å². The van der Waals surface area contributed by atoms with Crippen molar-refractivity contribution in [2.45, 2.75) is 9.92 Å². The Balaban J connectivity index is 2.01. The van der Waals surface area contributed by atoms with Gasteiger partial charge in [-0.25, -0.2) is 9.97 Å². The summed E-state index contributed by atoms with van der Waals surface area (Å²) < 4.78 is 0. The van der Waals surface area contributed by atoms with Crippen LogP contribution in [0.3, 0.4) is 0 Å². The molecule has 0 radical (unpaired) electrons. The Hall–Kier alpha value is -1.72. The van der Waals surface area contributed by atoms with E-state index in [1.54, 1.807) is 18.1 Å². The van der Waals surface area contributed by atoms with Crippen LogP contribution in [0, 0.1) is 0 Å². The zero-order chi connectivity index (χ0) is 12.4. The van der Waals surface area contributed by atoms with Crippen LogP contribution in [0.5, 0.6) is 0 Å². The van der Waals surface area contributed by atoms with Gasteiger partial charge in [-0.1, -0.05) is 30.0 Å². The van der Waals surface area contributed by atoms with Gasteiger partial charge in [0.05, 0.1) is 10.4 Å². The molecule has 0 N–H and O–H groups in total. The molecule has 3 rings (SSSR count). The molecule has 0 saturated heterocycles. The highest BCUT2D eigenvalue weighted by Gasteiger charge is 2.06. The van der Waals surface area contributed by atoms with Crippen molar-refractivity contribution in [1.82, 2.24) is 9.97 Å². The molecule has 0 spiro atoms. The van der Waals surface area contributed by atoms with Gasteiger partial charge < -0.3 is 0 Å². The summed E-state index contributed by atoms with van der Waals surface area (Å²) in [5.74, 6) is 0. The van der Waals surface area contributed by atoms with E-state index in [1.165, 1.54) is 11.3 Å². The lowest BCUT2D eigenvalue weighted by molar-refractivity contribution is 0.112. The summed E-state index contributed by atoms with van der Waals surface area (Å²) in [7, 11) is 0. The van der Waals surface area contributed by atoms with Crippen molar-refractivity contribution in [1.29, 1.82) is 0 Å². The normalized spacial score (nSPS) is 10.7. The minimum atomic E-state index is 0.732. The monoisotopic (exact) mass is 272 g/mol. The number of nitrogens with zero attached hydrogens (tertiary/aromatic N) is 2. The average Bonchev–Trinajstić information content (AvgIpc) is 2.87. The van der Waals surface area contributed by atoms with E-state index in [-0.39, 0.29) is 0 Å². The molecule has 5 heteroatoms. The molecule has 0 atom stereocenters. The van der Waals surface area contributed by atoms with Crippen LogP contribution in [0.15, 0.2) is 52.0 Å². The second-order valence-electron chi connectivity index (χ2n) is 3.60. The van der Waals surface area contributed by atoms with Crippen LogP contribution in [-0.4, -0.2) is 16.3 Å². The number of carbonyl (C=O) groups is 1. The summed E-state index contributed by atoms with van der Waals surface area (Å²) in [5, 5.41) is 3.91. The first-order valence-corrected chi connectivity index (χ1v) is 6.98. The molecule has 0 bridgehead atoms. The van der Waals surface area contributed by atoms with Crippen molar-refractivity contribution < 1.29 is 4.79 Å². The zero-order valence-corrected chi connectivity index (χ0v) is 10.9. The highest BCUT2D eigenvalue weighted by atomic mass is 32.2. The number of para-hydroxylation sites is 1. The van der Waals surface area contributed by atoms with Crippen molar-refractivity contribution in [3.63, 3.8) is 0 Å². The van der Waals surface area contributed by atoms with E-state index in [0.29, 0.717) is 0 Å². The maximum atomic E-state index is 10.7. The first kappa shape index (κ1) is 11.4. The molecule has 2 heterocycles. The van der Waals surface area contributed by atoms with Gasteiger partial charge in [0.2, 0.25) is 0 Å². The van der Waals surface area contributed by atoms with E-state index in [0.717, 1.165) is 32.0 Å². The fourth-order valence-corrected chi connectivity index (χ4v) is 3.40. The molecular weight excluding hydrogens is 264 g/mol. The summed E-state index contributed by atoms with van der Waals surface area (Å²) in [6.45, 7) is 0. The number of carbonyl (C=O) groups excluding carboxylic acids is 1. The molecule has 3 nitrogen and oxygen atoms in total. The van der Waals surface area contributed by atoms with Crippen LogP contribution in [0.2, 0.25) is 0 Å². The minimum Gasteiger partial charge on any atom is -0.297 e. The predicted molar refractivity (Wildman–Crippen MR) is 73.4 cm³/mol. The molecule has 0 aliphatic carbocycles. The van der Waals surface area contributed by atoms with Crippen molar-refractivity contribution in [2.24, 2.45) is 0 Å². The first-order chi connectivity index (χ1) is 8.86. The third-order valence-electron chi connectivity index (χ3n) is 2.43. The Morgan fingerprint density at radius 1 is 1.22 bits per heavy atom. The molecule has 3 aromatic rings. The standard InChI is InChI=1S/C13H8N2OS2/c16-6-9-5-10(7-17-9)18-13-11-3-1-2-4-12(11)14-8-15-13/h1-8H. The van der Waals surface area contributed by atoms with Gasteiger partial charge in [-0.15, -0.1) is 11.3 Å². The molecule has 18 heavy (non-hydrogen) atoms. The van der Waals surface area contributed by atoms with E-state index >= 15 is 0 Å². The number of thiophene rings is 1. The Bertz CT molecular complexity index is 704. The molecule has 0 aliphatic rings. The van der Waals surface area contributed by atoms with Crippen LogP contribution >= 0.6 is 23.1 Å². The van der Waals surface area contributed by atoms with Crippen LogP contribution in [0.25, 0.3) is 10.9 Å². The Morgan fingerprint density at radius 3 is 2.94 bits per heavy atom. The molecule has 0 amide bonds. The first-order valence-electron chi connectivity index (χ1n) is 5.28. The van der Waals surface area contributed by atoms with Crippen LogP contribution in [-0.2, 0) is 0 Å². The molecule has 88 valence electrons. The van der Waals surface area contributed by atoms with Gasteiger partial charge in [-0.05, 0) is 12.1 Å². The zero-order valence-electron chi connectivity index (χ0n) is 9.24. The van der Waals surface area contributed by atoms with E-state index < -0.39 is 0 Å². The molecule has 0 unspecified atom stereocenters. The van der Waals surface area contributed by atoms with Gasteiger partial charge in [0.25, 0.3) is 0 Å². The van der Waals surface area contributed by atoms with E-state index in [4.69, 9.17) is 0 Å². The van der Waals surface area contributed by atoms with Gasteiger partial charge in [0.15, 0.2) is 6.29 Å². The van der Waals surface area contributed by atoms with Gasteiger partial charge in [-0.2, -0.15) is 0 Å². The molecule has 0 fully saturated rings. The molecule has 0 saturated carbocycles. The van der Waals surface area contributed by atoms with Crippen LogP contribution in [0.4, 0.5) is 0 Å². The van der Waals surface area contributed by atoms with Gasteiger partial charge >= 0.3 is 0 Å². The SMILES string of the molecule is O=Cc1cc(Sc2ncnc3ccccc23)cs1. The number of fused-ring (bicyclic) bond motifs is 1. The highest BCUT2D eigenvalue weighted by Crippen LogP contribution is 2.33. The third-order valence-corrected chi connectivity index (χ3v) is 4.43. The third kappa shape index (κ3) is 2.14. The van der Waals surface area contributed by atoms with Crippen LogP contribution in [0.1, 0.15) is 9.67 Å². The Morgan fingerprint density at radius 2 is 2.11 bits per heavy atom. The maximum Gasteiger partial charge on any atom is 0.160 e. The van der Waals surface area contributed by atoms with Crippen molar-refractivity contribution >= 4 is 40.3 Å². The number of hydrogen-bond acceptors (Lipinski definition) is 5. The van der Waals surface area contributed by atoms with Crippen molar-refractivity contribution in [2.75, 3.05) is 0 Å². The summed E-state index contributed by atoms with van der Waals surface area (Å²) >= 11 is 3.00. The van der Waals surface area contributed by atoms with Crippen molar-refractivity contribution in [3.05, 3.63) is 46.9 Å². The lowest BCUT2D eigenvalue weighted by Crippen LogP contribution is -1.85. The lowest BCUT2D eigenvalue weighted by atomic mass is 10.2. The van der Waals surface area contributed by atoms with E-state index in [2.05, 4.69) is 9.97 Å². The lowest BCUT2D eigenvalue weighted by Gasteiger charge is -2.02. The minimum absolute atomic E-state index is 0.732. The van der Waals surface area contributed by atoms with Gasteiger partial charge in [-0.3, -0.25) is 4.79 Å². The Kier molecular flexibility index (Phi) is 3.08. The molecular formula is C13H8N2OS2. The topological polar surface area (TPSA) is 42.9 Å². The Labute approximate surface area is 112 Å². The average molecular weight is 272 g/mol. The quantitative estimate of drug-likeness (QED) is 0.539. The second kappa shape index (κ2) is 4.88. The number of benzene rings is 1. The summed E-state index contributed by atoms with van der Waals surface area (Å²) in [5.41, 5.74) is 0.931. The number of rotatable bonds is 3.